The van der Waals surface area contributed by atoms with Crippen LogP contribution in [0.3, 0.4) is 0 Å². The fraction of sp³-hybridized carbons (Fsp3) is 0.667. The highest BCUT2D eigenvalue weighted by Gasteiger charge is 2.53. The fourth-order valence-corrected chi connectivity index (χ4v) is 2.96. The molecule has 1 saturated heterocycles. The highest BCUT2D eigenvalue weighted by atomic mass is 16.5. The Labute approximate surface area is 101 Å². The van der Waals surface area contributed by atoms with E-state index in [-0.39, 0.29) is 0 Å². The Kier molecular flexibility index (Phi) is 2.94. The van der Waals surface area contributed by atoms with E-state index in [1.807, 2.05) is 6.07 Å². The van der Waals surface area contributed by atoms with Gasteiger partial charge in [0.2, 0.25) is 5.95 Å². The van der Waals surface area contributed by atoms with Crippen molar-refractivity contribution in [2.45, 2.75) is 18.6 Å². The van der Waals surface area contributed by atoms with Crippen molar-refractivity contribution in [2.75, 3.05) is 25.6 Å². The maximum Gasteiger partial charge on any atom is 0.222 e. The summed E-state index contributed by atoms with van der Waals surface area (Å²) in [7, 11) is 1.73. The zero-order chi connectivity index (χ0) is 11.7. The van der Waals surface area contributed by atoms with Crippen LogP contribution in [0.15, 0.2) is 18.5 Å². The first kappa shape index (κ1) is 10.9. The second kappa shape index (κ2) is 4.58. The molecule has 1 saturated carbocycles. The molecule has 3 rings (SSSR count). The zero-order valence-corrected chi connectivity index (χ0v) is 9.87. The van der Waals surface area contributed by atoms with Crippen molar-refractivity contribution < 1.29 is 9.47 Å². The molecule has 2 aliphatic rings. The molecule has 0 unspecified atom stereocenters. The maximum absolute atomic E-state index is 5.72. The molecule has 5 nitrogen and oxygen atoms in total. The SMILES string of the molecule is COC[C@H]1[C@@H](Nc2ncccn2)[C@H]2CCO[C@H]21. The van der Waals surface area contributed by atoms with E-state index in [0.29, 0.717) is 29.9 Å². The highest BCUT2D eigenvalue weighted by Crippen LogP contribution is 2.44. The summed E-state index contributed by atoms with van der Waals surface area (Å²) >= 11 is 0. The van der Waals surface area contributed by atoms with Crippen LogP contribution < -0.4 is 5.32 Å². The first-order valence-corrected chi connectivity index (χ1v) is 6.04. The predicted molar refractivity (Wildman–Crippen MR) is 62.7 cm³/mol. The molecule has 4 atom stereocenters. The van der Waals surface area contributed by atoms with Crippen molar-refractivity contribution in [3.8, 4) is 0 Å². The predicted octanol–water partition coefficient (Wildman–Crippen LogP) is 0.938. The summed E-state index contributed by atoms with van der Waals surface area (Å²) in [6, 6.07) is 2.20. The molecule has 0 bridgehead atoms. The van der Waals surface area contributed by atoms with E-state index in [1.165, 1.54) is 0 Å². The van der Waals surface area contributed by atoms with Crippen LogP contribution in [0, 0.1) is 11.8 Å². The van der Waals surface area contributed by atoms with Crippen molar-refractivity contribution in [2.24, 2.45) is 11.8 Å². The van der Waals surface area contributed by atoms with Crippen molar-refractivity contribution in [3.05, 3.63) is 18.5 Å². The third-order valence-corrected chi connectivity index (χ3v) is 3.75. The molecule has 92 valence electrons. The van der Waals surface area contributed by atoms with Crippen LogP contribution in [0.2, 0.25) is 0 Å². The lowest BCUT2D eigenvalue weighted by Gasteiger charge is -2.47. The van der Waals surface area contributed by atoms with Gasteiger partial charge < -0.3 is 14.8 Å². The van der Waals surface area contributed by atoms with Crippen LogP contribution in [-0.4, -0.2) is 42.4 Å². The number of aromatic nitrogens is 2. The molecular formula is C12H17N3O2. The molecule has 17 heavy (non-hydrogen) atoms. The Morgan fingerprint density at radius 3 is 3.06 bits per heavy atom. The number of nitrogens with one attached hydrogen (secondary N) is 1. The van der Waals surface area contributed by atoms with Crippen LogP contribution in [0.25, 0.3) is 0 Å². The number of anilines is 1. The number of hydrogen-bond acceptors (Lipinski definition) is 5. The van der Waals surface area contributed by atoms with Gasteiger partial charge in [0.1, 0.15) is 0 Å². The fourth-order valence-electron chi connectivity index (χ4n) is 2.96. The van der Waals surface area contributed by atoms with Gasteiger partial charge in [0.05, 0.1) is 12.7 Å². The summed E-state index contributed by atoms with van der Waals surface area (Å²) in [5.74, 6) is 1.69. The number of nitrogens with zero attached hydrogens (tertiary/aromatic N) is 2. The van der Waals surface area contributed by atoms with E-state index < -0.39 is 0 Å². The first-order valence-electron chi connectivity index (χ1n) is 6.04. The van der Waals surface area contributed by atoms with Crippen LogP contribution in [-0.2, 0) is 9.47 Å². The minimum absolute atomic E-state index is 0.358. The minimum Gasteiger partial charge on any atom is -0.384 e. The number of ether oxygens (including phenoxy) is 2. The molecule has 0 spiro atoms. The van der Waals surface area contributed by atoms with Crippen LogP contribution >= 0.6 is 0 Å². The molecule has 0 amide bonds. The summed E-state index contributed by atoms with van der Waals surface area (Å²) in [6.45, 7) is 1.59. The van der Waals surface area contributed by atoms with Gasteiger partial charge in [-0.3, -0.25) is 0 Å². The number of methoxy groups -OCH3 is 1. The van der Waals surface area contributed by atoms with Gasteiger partial charge in [-0.25, -0.2) is 9.97 Å². The smallest absolute Gasteiger partial charge is 0.222 e. The second-order valence-electron chi connectivity index (χ2n) is 4.65. The molecule has 5 heteroatoms. The third kappa shape index (κ3) is 1.89. The first-order chi connectivity index (χ1) is 8.40. The van der Waals surface area contributed by atoms with Gasteiger partial charge in [-0.15, -0.1) is 0 Å². The lowest BCUT2D eigenvalue weighted by Crippen LogP contribution is -2.58. The molecule has 1 aromatic rings. The quantitative estimate of drug-likeness (QED) is 0.841. The van der Waals surface area contributed by atoms with Gasteiger partial charge in [0, 0.05) is 44.0 Å². The summed E-state index contributed by atoms with van der Waals surface area (Å²) in [6.07, 6.45) is 4.98. The Morgan fingerprint density at radius 1 is 1.47 bits per heavy atom. The molecule has 1 aliphatic heterocycles. The van der Waals surface area contributed by atoms with E-state index in [1.54, 1.807) is 19.5 Å². The summed E-state index contributed by atoms with van der Waals surface area (Å²) in [4.78, 5) is 8.41. The summed E-state index contributed by atoms with van der Waals surface area (Å²) < 4.78 is 11.0. The molecule has 2 heterocycles. The van der Waals surface area contributed by atoms with E-state index >= 15 is 0 Å². The van der Waals surface area contributed by atoms with Crippen LogP contribution in [0.4, 0.5) is 5.95 Å². The van der Waals surface area contributed by atoms with Crippen LogP contribution in [0.5, 0.6) is 0 Å². The van der Waals surface area contributed by atoms with Gasteiger partial charge in [-0.05, 0) is 12.5 Å². The lowest BCUT2D eigenvalue weighted by atomic mass is 9.67. The van der Waals surface area contributed by atoms with Gasteiger partial charge >= 0.3 is 0 Å². The molecule has 0 aromatic carbocycles. The Morgan fingerprint density at radius 2 is 2.29 bits per heavy atom. The highest BCUT2D eigenvalue weighted by molar-refractivity contribution is 5.29. The maximum atomic E-state index is 5.72. The monoisotopic (exact) mass is 235 g/mol. The number of rotatable bonds is 4. The molecule has 0 radical (unpaired) electrons. The van der Waals surface area contributed by atoms with Crippen molar-refractivity contribution in [1.29, 1.82) is 0 Å². The lowest BCUT2D eigenvalue weighted by molar-refractivity contribution is -0.0668. The number of fused-ring (bicyclic) bond motifs is 1. The molecule has 1 N–H and O–H groups in total. The molecule has 2 fully saturated rings. The zero-order valence-electron chi connectivity index (χ0n) is 9.87. The minimum atomic E-state index is 0.358. The van der Waals surface area contributed by atoms with E-state index in [4.69, 9.17) is 9.47 Å². The topological polar surface area (TPSA) is 56.3 Å². The Balaban J connectivity index is 1.69. The van der Waals surface area contributed by atoms with E-state index in [9.17, 15) is 0 Å². The molecule has 1 aliphatic carbocycles. The Bertz CT molecular complexity index is 373. The average molecular weight is 235 g/mol. The third-order valence-electron chi connectivity index (χ3n) is 3.75. The summed E-state index contributed by atoms with van der Waals surface area (Å²) in [5.41, 5.74) is 0. The van der Waals surface area contributed by atoms with E-state index in [2.05, 4.69) is 15.3 Å². The molecular weight excluding hydrogens is 218 g/mol. The normalized spacial score (nSPS) is 35.1. The van der Waals surface area contributed by atoms with Gasteiger partial charge in [0.25, 0.3) is 0 Å². The van der Waals surface area contributed by atoms with E-state index in [0.717, 1.165) is 19.6 Å². The van der Waals surface area contributed by atoms with Gasteiger partial charge in [-0.2, -0.15) is 0 Å². The van der Waals surface area contributed by atoms with Crippen molar-refractivity contribution in [3.63, 3.8) is 0 Å². The Hall–Kier alpha value is -1.20. The largest absolute Gasteiger partial charge is 0.384 e. The van der Waals surface area contributed by atoms with Gasteiger partial charge in [0.15, 0.2) is 0 Å². The van der Waals surface area contributed by atoms with Crippen LogP contribution in [0.1, 0.15) is 6.42 Å². The van der Waals surface area contributed by atoms with Crippen molar-refractivity contribution in [1.82, 2.24) is 9.97 Å². The van der Waals surface area contributed by atoms with Gasteiger partial charge in [-0.1, -0.05) is 0 Å². The van der Waals surface area contributed by atoms with Crippen molar-refractivity contribution >= 4 is 5.95 Å². The standard InChI is InChI=1S/C12H17N3O2/c1-16-7-9-10(8-3-6-17-11(8)9)15-12-13-4-2-5-14-12/h2,4-5,8-11H,3,6-7H2,1H3,(H,13,14,15)/t8-,9+,10+,11-/m1/s1. The second-order valence-corrected chi connectivity index (χ2v) is 4.65. The summed E-state index contributed by atoms with van der Waals surface area (Å²) in [5, 5.41) is 3.40. The number of hydrogen-bond donors (Lipinski definition) is 1. The molecule has 1 aromatic heterocycles. The average Bonchev–Trinajstić information content (AvgIpc) is 2.79.